The van der Waals surface area contributed by atoms with Gasteiger partial charge in [0, 0.05) is 26.2 Å². The molecular formula is C14H24N4OS. The van der Waals surface area contributed by atoms with E-state index < -0.39 is 0 Å². The van der Waals surface area contributed by atoms with Gasteiger partial charge in [-0.2, -0.15) is 0 Å². The fourth-order valence-electron chi connectivity index (χ4n) is 2.37. The highest BCUT2D eigenvalue weighted by Crippen LogP contribution is 2.29. The molecular weight excluding hydrogens is 272 g/mol. The van der Waals surface area contributed by atoms with Crippen LogP contribution in [0.5, 0.6) is 0 Å². The van der Waals surface area contributed by atoms with Crippen LogP contribution < -0.4 is 10.2 Å². The molecule has 1 aromatic heterocycles. The summed E-state index contributed by atoms with van der Waals surface area (Å²) in [6.07, 6.45) is 4.79. The molecule has 0 bridgehead atoms. The van der Waals surface area contributed by atoms with Gasteiger partial charge in [-0.25, -0.2) is 9.97 Å². The zero-order valence-electron chi connectivity index (χ0n) is 12.5. The van der Waals surface area contributed by atoms with Crippen LogP contribution in [0, 0.1) is 5.92 Å². The van der Waals surface area contributed by atoms with Crippen LogP contribution in [-0.2, 0) is 0 Å². The molecule has 0 radical (unpaired) electrons. The van der Waals surface area contributed by atoms with Crippen LogP contribution >= 0.6 is 11.8 Å². The molecule has 1 fully saturated rings. The van der Waals surface area contributed by atoms with Crippen molar-refractivity contribution >= 4 is 23.4 Å². The predicted molar refractivity (Wildman–Crippen MR) is 84.6 cm³/mol. The number of hydrogen-bond donors (Lipinski definition) is 2. The van der Waals surface area contributed by atoms with E-state index in [0.717, 1.165) is 49.1 Å². The normalized spacial score (nSPS) is 21.4. The Hall–Kier alpha value is -1.01. The molecule has 1 aliphatic rings. The molecule has 0 saturated heterocycles. The summed E-state index contributed by atoms with van der Waals surface area (Å²) in [5.41, 5.74) is 0. The number of hydrogen-bond acceptors (Lipinski definition) is 6. The van der Waals surface area contributed by atoms with Gasteiger partial charge in [0.05, 0.1) is 6.10 Å². The fourth-order valence-corrected chi connectivity index (χ4v) is 2.75. The molecule has 5 nitrogen and oxygen atoms in total. The molecule has 2 rings (SSSR count). The van der Waals surface area contributed by atoms with Crippen molar-refractivity contribution in [1.29, 1.82) is 0 Å². The Morgan fingerprint density at radius 1 is 1.45 bits per heavy atom. The molecule has 0 atom stereocenters. The van der Waals surface area contributed by atoms with Gasteiger partial charge in [-0.15, -0.1) is 0 Å². The summed E-state index contributed by atoms with van der Waals surface area (Å²) in [5, 5.41) is 13.5. The molecule has 0 amide bonds. The monoisotopic (exact) mass is 296 g/mol. The SMILES string of the molecule is CCCNc1cc(N(C)CC2CC(O)C2)nc(SC)n1. The minimum absolute atomic E-state index is 0.0951. The van der Waals surface area contributed by atoms with Crippen molar-refractivity contribution in [3.05, 3.63) is 6.07 Å². The van der Waals surface area contributed by atoms with Crippen LogP contribution in [-0.4, -0.2) is 47.6 Å². The summed E-state index contributed by atoms with van der Waals surface area (Å²) < 4.78 is 0. The predicted octanol–water partition coefficient (Wildman–Crippen LogP) is 2.23. The van der Waals surface area contributed by atoms with Gasteiger partial charge in [0.15, 0.2) is 5.16 Å². The minimum atomic E-state index is -0.0951. The molecule has 6 heteroatoms. The lowest BCUT2D eigenvalue weighted by Crippen LogP contribution is -2.37. The maximum atomic E-state index is 9.37. The van der Waals surface area contributed by atoms with E-state index in [4.69, 9.17) is 0 Å². The second-order valence-electron chi connectivity index (χ2n) is 5.40. The van der Waals surface area contributed by atoms with Gasteiger partial charge in [-0.05, 0) is 31.4 Å². The van der Waals surface area contributed by atoms with Gasteiger partial charge in [0.25, 0.3) is 0 Å². The van der Waals surface area contributed by atoms with Crippen molar-refractivity contribution in [2.75, 3.05) is 36.6 Å². The third kappa shape index (κ3) is 3.99. The minimum Gasteiger partial charge on any atom is -0.393 e. The smallest absolute Gasteiger partial charge is 0.191 e. The van der Waals surface area contributed by atoms with E-state index in [-0.39, 0.29) is 6.10 Å². The Morgan fingerprint density at radius 2 is 2.20 bits per heavy atom. The zero-order chi connectivity index (χ0) is 14.5. The number of nitrogens with zero attached hydrogens (tertiary/aromatic N) is 3. The summed E-state index contributed by atoms with van der Waals surface area (Å²) in [4.78, 5) is 11.2. The van der Waals surface area contributed by atoms with Crippen LogP contribution in [0.2, 0.25) is 0 Å². The number of aromatic nitrogens is 2. The van der Waals surface area contributed by atoms with E-state index >= 15 is 0 Å². The third-order valence-corrected chi connectivity index (χ3v) is 4.11. The van der Waals surface area contributed by atoms with Gasteiger partial charge in [-0.3, -0.25) is 0 Å². The third-order valence-electron chi connectivity index (χ3n) is 3.56. The lowest BCUT2D eigenvalue weighted by molar-refractivity contribution is 0.0464. The number of anilines is 2. The average Bonchev–Trinajstić information content (AvgIpc) is 2.42. The number of aliphatic hydroxyl groups is 1. The first kappa shape index (κ1) is 15.4. The lowest BCUT2D eigenvalue weighted by Gasteiger charge is -2.34. The number of nitrogens with one attached hydrogen (secondary N) is 1. The summed E-state index contributed by atoms with van der Waals surface area (Å²) >= 11 is 1.56. The van der Waals surface area contributed by atoms with Gasteiger partial charge in [-0.1, -0.05) is 18.7 Å². The highest BCUT2D eigenvalue weighted by atomic mass is 32.2. The van der Waals surface area contributed by atoms with Crippen molar-refractivity contribution in [3.8, 4) is 0 Å². The van der Waals surface area contributed by atoms with Gasteiger partial charge in [0.2, 0.25) is 0 Å². The Morgan fingerprint density at radius 3 is 2.80 bits per heavy atom. The second-order valence-corrected chi connectivity index (χ2v) is 6.17. The van der Waals surface area contributed by atoms with Crippen LogP contribution in [0.15, 0.2) is 11.2 Å². The quantitative estimate of drug-likeness (QED) is 0.594. The Bertz CT molecular complexity index is 437. The molecule has 1 aliphatic carbocycles. The maximum absolute atomic E-state index is 9.37. The van der Waals surface area contributed by atoms with E-state index in [1.807, 2.05) is 12.3 Å². The van der Waals surface area contributed by atoms with Crippen LogP contribution in [0.1, 0.15) is 26.2 Å². The molecule has 1 heterocycles. The maximum Gasteiger partial charge on any atom is 0.191 e. The molecule has 0 aromatic carbocycles. The molecule has 112 valence electrons. The molecule has 0 spiro atoms. The molecule has 2 N–H and O–H groups in total. The molecule has 0 aliphatic heterocycles. The molecule has 20 heavy (non-hydrogen) atoms. The summed E-state index contributed by atoms with van der Waals surface area (Å²) in [5.74, 6) is 2.42. The topological polar surface area (TPSA) is 61.3 Å². The molecule has 0 unspecified atom stereocenters. The highest BCUT2D eigenvalue weighted by Gasteiger charge is 2.28. The highest BCUT2D eigenvalue weighted by molar-refractivity contribution is 7.98. The standard InChI is InChI=1S/C14H24N4OS/c1-4-5-15-12-8-13(17-14(16-12)20-3)18(2)9-10-6-11(19)7-10/h8,10-11,19H,4-7,9H2,1-3H3,(H,15,16,17). The van der Waals surface area contributed by atoms with Crippen LogP contribution in [0.3, 0.4) is 0 Å². The van der Waals surface area contributed by atoms with Gasteiger partial charge < -0.3 is 15.3 Å². The van der Waals surface area contributed by atoms with Crippen molar-refractivity contribution in [1.82, 2.24) is 9.97 Å². The Kier molecular flexibility index (Phi) is 5.48. The fraction of sp³-hybridized carbons (Fsp3) is 0.714. The van der Waals surface area contributed by atoms with Crippen molar-refractivity contribution < 1.29 is 5.11 Å². The number of rotatable bonds is 7. The Balaban J connectivity index is 2.04. The molecule has 1 aromatic rings. The van der Waals surface area contributed by atoms with Crippen molar-refractivity contribution in [3.63, 3.8) is 0 Å². The van der Waals surface area contributed by atoms with E-state index in [2.05, 4.69) is 34.2 Å². The average molecular weight is 296 g/mol. The van der Waals surface area contributed by atoms with E-state index in [1.54, 1.807) is 11.8 Å². The first-order valence-corrected chi connectivity index (χ1v) is 8.41. The van der Waals surface area contributed by atoms with E-state index in [1.165, 1.54) is 0 Å². The van der Waals surface area contributed by atoms with Crippen LogP contribution in [0.25, 0.3) is 0 Å². The van der Waals surface area contributed by atoms with E-state index in [0.29, 0.717) is 5.92 Å². The number of aliphatic hydroxyl groups excluding tert-OH is 1. The summed E-state index contributed by atoms with van der Waals surface area (Å²) in [6.45, 7) is 4.00. The zero-order valence-corrected chi connectivity index (χ0v) is 13.3. The Labute approximate surface area is 125 Å². The van der Waals surface area contributed by atoms with Gasteiger partial charge in [0.1, 0.15) is 11.6 Å². The van der Waals surface area contributed by atoms with Crippen molar-refractivity contribution in [2.24, 2.45) is 5.92 Å². The number of thioether (sulfide) groups is 1. The van der Waals surface area contributed by atoms with Crippen LogP contribution in [0.4, 0.5) is 11.6 Å². The first-order chi connectivity index (χ1) is 9.62. The summed E-state index contributed by atoms with van der Waals surface area (Å²) in [6, 6.07) is 2.00. The lowest BCUT2D eigenvalue weighted by atomic mass is 9.82. The largest absolute Gasteiger partial charge is 0.393 e. The van der Waals surface area contributed by atoms with Gasteiger partial charge >= 0.3 is 0 Å². The van der Waals surface area contributed by atoms with E-state index in [9.17, 15) is 5.11 Å². The van der Waals surface area contributed by atoms with Crippen molar-refractivity contribution in [2.45, 2.75) is 37.4 Å². The second kappa shape index (κ2) is 7.13. The summed E-state index contributed by atoms with van der Waals surface area (Å²) in [7, 11) is 2.06. The first-order valence-electron chi connectivity index (χ1n) is 7.18. The molecule has 1 saturated carbocycles.